The van der Waals surface area contributed by atoms with Crippen molar-refractivity contribution in [2.45, 2.75) is 31.6 Å². The van der Waals surface area contributed by atoms with Crippen LogP contribution in [0.15, 0.2) is 30.3 Å². The Morgan fingerprint density at radius 1 is 1.32 bits per heavy atom. The minimum Gasteiger partial charge on any atom is -0.354 e. The lowest BCUT2D eigenvalue weighted by Gasteiger charge is -2.21. The predicted molar refractivity (Wildman–Crippen MR) is 83.7 cm³/mol. The Labute approximate surface area is 121 Å². The van der Waals surface area contributed by atoms with Crippen LogP contribution in [0.1, 0.15) is 19.4 Å². The highest BCUT2D eigenvalue weighted by Crippen LogP contribution is 2.07. The summed E-state index contributed by atoms with van der Waals surface area (Å²) in [6.45, 7) is 5.80. The zero-order chi connectivity index (χ0) is 14.3. The Kier molecular flexibility index (Phi) is 6.95. The molecule has 0 saturated heterocycles. The molecular formula is C15H24N2OS. The molecule has 0 radical (unpaired) electrons. The molecule has 1 unspecified atom stereocenters. The summed E-state index contributed by atoms with van der Waals surface area (Å²) in [7, 11) is 2.05. The molecule has 0 spiro atoms. The van der Waals surface area contributed by atoms with Crippen LogP contribution in [0, 0.1) is 0 Å². The predicted octanol–water partition coefficient (Wildman–Crippen LogP) is 1.98. The average molecular weight is 280 g/mol. The van der Waals surface area contributed by atoms with Crippen LogP contribution >= 0.6 is 12.6 Å². The number of likely N-dealkylation sites (N-methyl/N-ethyl adjacent to an activating group) is 1. The lowest BCUT2D eigenvalue weighted by Crippen LogP contribution is -2.39. The lowest BCUT2D eigenvalue weighted by atomic mass is 10.1. The number of hydrogen-bond acceptors (Lipinski definition) is 3. The molecule has 1 N–H and O–H groups in total. The normalized spacial score (nSPS) is 12.7. The van der Waals surface area contributed by atoms with Crippen molar-refractivity contribution in [2.75, 3.05) is 20.1 Å². The van der Waals surface area contributed by atoms with Gasteiger partial charge in [0.05, 0.1) is 5.25 Å². The summed E-state index contributed by atoms with van der Waals surface area (Å²) in [5.41, 5.74) is 1.14. The molecule has 0 fully saturated rings. The van der Waals surface area contributed by atoms with Crippen molar-refractivity contribution in [3.05, 3.63) is 35.9 Å². The maximum atomic E-state index is 11.9. The number of amides is 1. The quantitative estimate of drug-likeness (QED) is 0.749. The van der Waals surface area contributed by atoms with Gasteiger partial charge < -0.3 is 10.2 Å². The van der Waals surface area contributed by atoms with Gasteiger partial charge in [0.2, 0.25) is 5.91 Å². The Bertz CT molecular complexity index is 381. The van der Waals surface area contributed by atoms with Gasteiger partial charge in [-0.15, -0.1) is 0 Å². The minimum atomic E-state index is -0.285. The molecule has 0 bridgehead atoms. The number of carbonyl (C=O) groups is 1. The van der Waals surface area contributed by atoms with Crippen LogP contribution in [0.3, 0.4) is 0 Å². The second kappa shape index (κ2) is 8.23. The van der Waals surface area contributed by atoms with E-state index in [-0.39, 0.29) is 11.2 Å². The SMILES string of the molecule is CC(C)N(C)CCNC(=O)C(S)Cc1ccccc1. The molecule has 0 aliphatic heterocycles. The molecule has 0 heterocycles. The van der Waals surface area contributed by atoms with Crippen molar-refractivity contribution in [3.63, 3.8) is 0 Å². The maximum absolute atomic E-state index is 11.9. The van der Waals surface area contributed by atoms with E-state index in [4.69, 9.17) is 0 Å². The Morgan fingerprint density at radius 3 is 2.53 bits per heavy atom. The van der Waals surface area contributed by atoms with Gasteiger partial charge in [0.1, 0.15) is 0 Å². The number of hydrogen-bond donors (Lipinski definition) is 2. The summed E-state index contributed by atoms with van der Waals surface area (Å²) in [6.07, 6.45) is 0.663. The monoisotopic (exact) mass is 280 g/mol. The molecule has 3 nitrogen and oxygen atoms in total. The van der Waals surface area contributed by atoms with E-state index in [1.807, 2.05) is 30.3 Å². The third-order valence-corrected chi connectivity index (χ3v) is 3.64. The van der Waals surface area contributed by atoms with Crippen LogP contribution in [-0.4, -0.2) is 42.2 Å². The molecule has 106 valence electrons. The van der Waals surface area contributed by atoms with Gasteiger partial charge in [0, 0.05) is 19.1 Å². The second-order valence-corrected chi connectivity index (χ2v) is 5.69. The first-order valence-electron chi connectivity index (χ1n) is 6.70. The van der Waals surface area contributed by atoms with Crippen LogP contribution in [0.25, 0.3) is 0 Å². The Hall–Kier alpha value is -1.00. The number of thiol groups is 1. The van der Waals surface area contributed by atoms with E-state index in [0.717, 1.165) is 12.1 Å². The lowest BCUT2D eigenvalue weighted by molar-refractivity contribution is -0.120. The molecule has 1 atom stereocenters. The summed E-state index contributed by atoms with van der Waals surface area (Å²) in [5.74, 6) is 0.00402. The highest BCUT2D eigenvalue weighted by Gasteiger charge is 2.14. The summed E-state index contributed by atoms with van der Waals surface area (Å²) in [5, 5.41) is 2.65. The van der Waals surface area contributed by atoms with E-state index in [9.17, 15) is 4.79 Å². The van der Waals surface area contributed by atoms with Gasteiger partial charge in [-0.3, -0.25) is 4.79 Å². The molecule has 1 aromatic carbocycles. The third-order valence-electron chi connectivity index (χ3n) is 3.22. The molecule has 4 heteroatoms. The summed E-state index contributed by atoms with van der Waals surface area (Å²) < 4.78 is 0. The highest BCUT2D eigenvalue weighted by molar-refractivity contribution is 7.81. The molecule has 0 aromatic heterocycles. The van der Waals surface area contributed by atoms with Crippen molar-refractivity contribution < 1.29 is 4.79 Å². The number of carbonyl (C=O) groups excluding carboxylic acids is 1. The molecule has 1 aromatic rings. The average Bonchev–Trinajstić information content (AvgIpc) is 2.39. The van der Waals surface area contributed by atoms with Gasteiger partial charge in [-0.2, -0.15) is 12.6 Å². The van der Waals surface area contributed by atoms with Gasteiger partial charge >= 0.3 is 0 Å². The fourth-order valence-corrected chi connectivity index (χ4v) is 1.96. The smallest absolute Gasteiger partial charge is 0.233 e. The zero-order valence-electron chi connectivity index (χ0n) is 12.0. The topological polar surface area (TPSA) is 32.3 Å². The number of rotatable bonds is 7. The summed E-state index contributed by atoms with van der Waals surface area (Å²) >= 11 is 4.38. The van der Waals surface area contributed by atoms with Gasteiger partial charge in [0.25, 0.3) is 0 Å². The van der Waals surface area contributed by atoms with Gasteiger partial charge in [-0.05, 0) is 32.9 Å². The van der Waals surface area contributed by atoms with E-state index >= 15 is 0 Å². The number of nitrogens with zero attached hydrogens (tertiary/aromatic N) is 1. The van der Waals surface area contributed by atoms with Crippen LogP contribution < -0.4 is 5.32 Å². The third kappa shape index (κ3) is 6.12. The first-order chi connectivity index (χ1) is 9.00. The molecule has 1 amide bonds. The van der Waals surface area contributed by atoms with Crippen molar-refractivity contribution in [1.29, 1.82) is 0 Å². The van der Waals surface area contributed by atoms with Crippen LogP contribution in [-0.2, 0) is 11.2 Å². The van der Waals surface area contributed by atoms with Crippen LogP contribution in [0.5, 0.6) is 0 Å². The fourth-order valence-electron chi connectivity index (χ4n) is 1.66. The highest BCUT2D eigenvalue weighted by atomic mass is 32.1. The van der Waals surface area contributed by atoms with Crippen molar-refractivity contribution in [3.8, 4) is 0 Å². The van der Waals surface area contributed by atoms with Crippen molar-refractivity contribution >= 4 is 18.5 Å². The zero-order valence-corrected chi connectivity index (χ0v) is 12.9. The molecule has 19 heavy (non-hydrogen) atoms. The molecule has 1 rings (SSSR count). The van der Waals surface area contributed by atoms with E-state index in [0.29, 0.717) is 19.0 Å². The summed E-state index contributed by atoms with van der Waals surface area (Å²) in [4.78, 5) is 14.1. The standard InChI is InChI=1S/C15H24N2OS/c1-12(2)17(3)10-9-16-15(18)14(19)11-13-7-5-4-6-8-13/h4-8,12,14,19H,9-11H2,1-3H3,(H,16,18). The molecule has 0 saturated carbocycles. The Balaban J connectivity index is 2.29. The van der Waals surface area contributed by atoms with Gasteiger partial charge in [-0.25, -0.2) is 0 Å². The van der Waals surface area contributed by atoms with E-state index < -0.39 is 0 Å². The molecule has 0 aliphatic carbocycles. The largest absolute Gasteiger partial charge is 0.354 e. The van der Waals surface area contributed by atoms with Crippen LogP contribution in [0.4, 0.5) is 0 Å². The van der Waals surface area contributed by atoms with Gasteiger partial charge in [0.15, 0.2) is 0 Å². The van der Waals surface area contributed by atoms with Gasteiger partial charge in [-0.1, -0.05) is 30.3 Å². The number of benzene rings is 1. The number of nitrogens with one attached hydrogen (secondary N) is 1. The van der Waals surface area contributed by atoms with E-state index in [1.165, 1.54) is 0 Å². The first-order valence-corrected chi connectivity index (χ1v) is 7.22. The van der Waals surface area contributed by atoms with E-state index in [2.05, 4.69) is 43.7 Å². The second-order valence-electron chi connectivity index (χ2n) is 5.07. The first kappa shape index (κ1) is 16.1. The van der Waals surface area contributed by atoms with E-state index in [1.54, 1.807) is 0 Å². The fraction of sp³-hybridized carbons (Fsp3) is 0.533. The molecule has 0 aliphatic rings. The molecular weight excluding hydrogens is 256 g/mol. The van der Waals surface area contributed by atoms with Crippen molar-refractivity contribution in [1.82, 2.24) is 10.2 Å². The summed E-state index contributed by atoms with van der Waals surface area (Å²) in [6, 6.07) is 10.5. The maximum Gasteiger partial charge on any atom is 0.233 e. The minimum absolute atomic E-state index is 0.00402. The van der Waals surface area contributed by atoms with Crippen molar-refractivity contribution in [2.24, 2.45) is 0 Å². The van der Waals surface area contributed by atoms with Crippen LogP contribution in [0.2, 0.25) is 0 Å². The Morgan fingerprint density at radius 2 is 1.95 bits per heavy atom.